The van der Waals surface area contributed by atoms with Crippen LogP contribution in [0.1, 0.15) is 93.6 Å². The number of carbonyl (C=O) groups excluding carboxylic acids is 2. The first-order chi connectivity index (χ1) is 13.6. The van der Waals surface area contributed by atoms with E-state index in [1.54, 1.807) is 13.0 Å². The van der Waals surface area contributed by atoms with Crippen LogP contribution in [0, 0.1) is 6.92 Å². The van der Waals surface area contributed by atoms with E-state index in [2.05, 4.69) is 10.3 Å². The van der Waals surface area contributed by atoms with E-state index in [0.717, 1.165) is 38.5 Å². The second-order valence-corrected chi connectivity index (χ2v) is 7.23. The quantitative estimate of drug-likeness (QED) is 0.334. The first kappa shape index (κ1) is 23.9. The number of unbranched alkanes of at least 4 members (excludes halogenated alkanes) is 8. The van der Waals surface area contributed by atoms with Crippen LogP contribution in [-0.4, -0.2) is 35.1 Å². The average Bonchev–Trinajstić information content (AvgIpc) is 2.69. The number of amides is 1. The molecule has 0 fully saturated rings. The molecule has 0 aliphatic carbocycles. The van der Waals surface area contributed by atoms with Crippen molar-refractivity contribution in [1.29, 1.82) is 0 Å². The number of pyridine rings is 1. The summed E-state index contributed by atoms with van der Waals surface area (Å²) in [5, 5.41) is 12.7. The molecule has 1 heterocycles. The van der Waals surface area contributed by atoms with Gasteiger partial charge in [0.15, 0.2) is 5.69 Å². The van der Waals surface area contributed by atoms with Gasteiger partial charge in [-0.25, -0.2) is 4.98 Å². The van der Waals surface area contributed by atoms with Crippen LogP contribution in [0.25, 0.3) is 0 Å². The first-order valence-electron chi connectivity index (χ1n) is 10.6. The molecule has 0 spiro atoms. The van der Waals surface area contributed by atoms with Crippen molar-refractivity contribution < 1.29 is 19.4 Å². The van der Waals surface area contributed by atoms with Gasteiger partial charge in [-0.15, -0.1) is 0 Å². The third-order valence-electron chi connectivity index (χ3n) is 4.65. The predicted molar refractivity (Wildman–Crippen MR) is 110 cm³/mol. The fourth-order valence-electron chi connectivity index (χ4n) is 2.92. The normalized spacial score (nSPS) is 10.6. The molecule has 1 amide bonds. The Morgan fingerprint density at radius 2 is 1.64 bits per heavy atom. The Hall–Kier alpha value is -2.11. The lowest BCUT2D eigenvalue weighted by Gasteiger charge is -2.07. The van der Waals surface area contributed by atoms with Crippen LogP contribution >= 0.6 is 0 Å². The van der Waals surface area contributed by atoms with E-state index in [0.29, 0.717) is 25.1 Å². The lowest BCUT2D eigenvalue weighted by Crippen LogP contribution is -2.25. The maximum absolute atomic E-state index is 12.0. The van der Waals surface area contributed by atoms with Gasteiger partial charge in [0.2, 0.25) is 0 Å². The highest BCUT2D eigenvalue weighted by atomic mass is 16.5. The van der Waals surface area contributed by atoms with Crippen molar-refractivity contribution in [3.05, 3.63) is 23.5 Å². The fourth-order valence-corrected chi connectivity index (χ4v) is 2.92. The standard InChI is InChI=1S/C22H36N2O4/c1-3-17-28-19(25)13-11-9-7-5-4-6-8-10-12-15-24-22(27)20-21(26)18(2)14-16-23-20/h14,16,26H,3-13,15,17H2,1-2H3,(H,24,27). The van der Waals surface area contributed by atoms with E-state index in [1.165, 1.54) is 31.9 Å². The Balaban J connectivity index is 1.92. The summed E-state index contributed by atoms with van der Waals surface area (Å²) >= 11 is 0. The minimum Gasteiger partial charge on any atom is -0.505 e. The van der Waals surface area contributed by atoms with Crippen molar-refractivity contribution in [3.8, 4) is 5.75 Å². The zero-order valence-electron chi connectivity index (χ0n) is 17.5. The molecule has 0 saturated heterocycles. The molecule has 0 aliphatic heterocycles. The van der Waals surface area contributed by atoms with Gasteiger partial charge in [-0.3, -0.25) is 9.59 Å². The number of rotatable bonds is 15. The second kappa shape index (κ2) is 14.9. The molecule has 0 aromatic carbocycles. The van der Waals surface area contributed by atoms with Crippen LogP contribution in [0.15, 0.2) is 12.3 Å². The highest BCUT2D eigenvalue weighted by Gasteiger charge is 2.13. The number of hydrogen-bond donors (Lipinski definition) is 2. The van der Waals surface area contributed by atoms with Crippen LogP contribution in [0.2, 0.25) is 0 Å². The van der Waals surface area contributed by atoms with Gasteiger partial charge in [-0.2, -0.15) is 0 Å². The Labute approximate surface area is 169 Å². The zero-order chi connectivity index (χ0) is 20.6. The number of nitrogens with zero attached hydrogens (tertiary/aromatic N) is 1. The van der Waals surface area contributed by atoms with Crippen molar-refractivity contribution in [2.24, 2.45) is 0 Å². The molecule has 0 aliphatic rings. The van der Waals surface area contributed by atoms with Gasteiger partial charge in [-0.05, 0) is 37.8 Å². The highest BCUT2D eigenvalue weighted by Crippen LogP contribution is 2.18. The molecular weight excluding hydrogens is 356 g/mol. The van der Waals surface area contributed by atoms with Gasteiger partial charge < -0.3 is 15.2 Å². The van der Waals surface area contributed by atoms with Crippen LogP contribution < -0.4 is 5.32 Å². The number of esters is 1. The Kier molecular flexibility index (Phi) is 12.7. The molecular formula is C22H36N2O4. The molecule has 0 saturated carbocycles. The van der Waals surface area contributed by atoms with E-state index >= 15 is 0 Å². The minimum atomic E-state index is -0.320. The molecule has 158 valence electrons. The summed E-state index contributed by atoms with van der Waals surface area (Å²) in [6, 6.07) is 1.67. The lowest BCUT2D eigenvalue weighted by molar-refractivity contribution is -0.143. The Morgan fingerprint density at radius 1 is 1.04 bits per heavy atom. The number of ether oxygens (including phenoxy) is 1. The van der Waals surface area contributed by atoms with E-state index in [1.807, 2.05) is 6.92 Å². The molecule has 1 rings (SSSR count). The molecule has 0 atom stereocenters. The van der Waals surface area contributed by atoms with Gasteiger partial charge in [0.05, 0.1) is 6.61 Å². The molecule has 28 heavy (non-hydrogen) atoms. The first-order valence-corrected chi connectivity index (χ1v) is 10.6. The summed E-state index contributed by atoms with van der Waals surface area (Å²) in [6.07, 6.45) is 12.9. The number of aryl methyl sites for hydroxylation is 1. The van der Waals surface area contributed by atoms with Crippen molar-refractivity contribution in [2.45, 2.75) is 84.5 Å². The summed E-state index contributed by atoms with van der Waals surface area (Å²) in [5.74, 6) is -0.431. The van der Waals surface area contributed by atoms with Crippen LogP contribution in [0.4, 0.5) is 0 Å². The van der Waals surface area contributed by atoms with Crippen LogP contribution in [0.5, 0.6) is 5.75 Å². The number of nitrogens with one attached hydrogen (secondary N) is 1. The van der Waals surface area contributed by atoms with Crippen molar-refractivity contribution in [2.75, 3.05) is 13.2 Å². The summed E-state index contributed by atoms with van der Waals surface area (Å²) in [4.78, 5) is 27.3. The molecule has 6 heteroatoms. The number of aromatic nitrogens is 1. The monoisotopic (exact) mass is 392 g/mol. The SMILES string of the molecule is CCCOC(=O)CCCCCCCCCCCNC(=O)c1nccc(C)c1O. The third-order valence-corrected chi connectivity index (χ3v) is 4.65. The topological polar surface area (TPSA) is 88.5 Å². The van der Waals surface area contributed by atoms with Crippen LogP contribution in [0.3, 0.4) is 0 Å². The average molecular weight is 393 g/mol. The van der Waals surface area contributed by atoms with Gasteiger partial charge in [-0.1, -0.05) is 51.9 Å². The molecule has 6 nitrogen and oxygen atoms in total. The predicted octanol–water partition coefficient (Wildman–Crippen LogP) is 4.68. The largest absolute Gasteiger partial charge is 0.505 e. The molecule has 1 aromatic rings. The second-order valence-electron chi connectivity index (χ2n) is 7.23. The maximum Gasteiger partial charge on any atom is 0.305 e. The maximum atomic E-state index is 12.0. The van der Waals surface area contributed by atoms with Gasteiger partial charge >= 0.3 is 5.97 Å². The van der Waals surface area contributed by atoms with E-state index < -0.39 is 0 Å². The Bertz CT molecular complexity index is 590. The number of hydrogen-bond acceptors (Lipinski definition) is 5. The highest BCUT2D eigenvalue weighted by molar-refractivity contribution is 5.95. The molecule has 0 bridgehead atoms. The molecule has 0 unspecified atom stereocenters. The van der Waals surface area contributed by atoms with Crippen molar-refractivity contribution >= 4 is 11.9 Å². The zero-order valence-corrected chi connectivity index (χ0v) is 17.5. The number of aromatic hydroxyl groups is 1. The van der Waals surface area contributed by atoms with Gasteiger partial charge in [0.25, 0.3) is 5.91 Å². The Morgan fingerprint density at radius 3 is 2.29 bits per heavy atom. The molecule has 1 aromatic heterocycles. The molecule has 0 radical (unpaired) electrons. The van der Waals surface area contributed by atoms with Gasteiger partial charge in [0, 0.05) is 19.2 Å². The van der Waals surface area contributed by atoms with Crippen molar-refractivity contribution in [3.63, 3.8) is 0 Å². The summed E-state index contributed by atoms with van der Waals surface area (Å²) < 4.78 is 5.05. The smallest absolute Gasteiger partial charge is 0.305 e. The van der Waals surface area contributed by atoms with Gasteiger partial charge in [0.1, 0.15) is 5.75 Å². The summed E-state index contributed by atoms with van der Waals surface area (Å²) in [7, 11) is 0. The van der Waals surface area contributed by atoms with Crippen LogP contribution in [-0.2, 0) is 9.53 Å². The molecule has 2 N–H and O–H groups in total. The fraction of sp³-hybridized carbons (Fsp3) is 0.682. The van der Waals surface area contributed by atoms with E-state index in [9.17, 15) is 14.7 Å². The summed E-state index contributed by atoms with van der Waals surface area (Å²) in [5.41, 5.74) is 0.746. The van der Waals surface area contributed by atoms with E-state index in [-0.39, 0.29) is 23.3 Å². The van der Waals surface area contributed by atoms with Crippen molar-refractivity contribution in [1.82, 2.24) is 10.3 Å². The summed E-state index contributed by atoms with van der Waals surface area (Å²) in [6.45, 7) is 4.88. The lowest BCUT2D eigenvalue weighted by atomic mass is 10.1. The minimum absolute atomic E-state index is 0.0437. The van der Waals surface area contributed by atoms with E-state index in [4.69, 9.17) is 4.74 Å². The third kappa shape index (κ3) is 10.3. The number of carbonyl (C=O) groups is 2.